The molecule has 0 aliphatic carbocycles. The minimum atomic E-state index is -0.815. The standard InChI is InChI=1S/C65H114O6/c1-4-7-10-13-16-19-22-25-28-30-32-34-37-40-43-46-49-52-55-58-64(67)70-61-62(60-69-63(66)57-54-51-48-45-42-39-36-27-24-21-18-15-12-9-6-3)71-65(68)59-56-53-50-47-44-41-38-35-33-31-29-26-23-20-17-14-11-8-5-2/h9,12,18,21,25,27-28,36,42,45,51,54,62H,4-8,10-11,13-17,19-20,22-24,26,29-35,37-41,43-44,46-50,52-53,55-61H2,1-3H3/b12-9-,21-18-,28-25-,36-27-,45-42-,54-51-. The summed E-state index contributed by atoms with van der Waals surface area (Å²) >= 11 is 0. The average Bonchev–Trinajstić information content (AvgIpc) is 3.37. The summed E-state index contributed by atoms with van der Waals surface area (Å²) in [6, 6.07) is 0. The van der Waals surface area contributed by atoms with Gasteiger partial charge in [0, 0.05) is 12.8 Å². The average molecular weight is 992 g/mol. The Balaban J connectivity index is 4.42. The molecule has 0 N–H and O–H groups in total. The van der Waals surface area contributed by atoms with Crippen LogP contribution in [-0.4, -0.2) is 37.2 Å². The SMILES string of the molecule is CC/C=C\C/C=C\C/C=C\C/C=C\C/C=C\CC(=O)OCC(COC(=O)CCCCCCCCCCC/C=C\CCCCCCCC)OC(=O)CCCCCCCCCCCCCCCCCCCCC. The van der Waals surface area contributed by atoms with Crippen molar-refractivity contribution in [3.63, 3.8) is 0 Å². The van der Waals surface area contributed by atoms with Crippen molar-refractivity contribution >= 4 is 17.9 Å². The van der Waals surface area contributed by atoms with E-state index in [1.54, 1.807) is 6.08 Å². The van der Waals surface area contributed by atoms with E-state index in [0.29, 0.717) is 12.8 Å². The maximum atomic E-state index is 12.9. The number of carbonyl (C=O) groups is 3. The molecule has 1 unspecified atom stereocenters. The summed E-state index contributed by atoms with van der Waals surface area (Å²) in [6.07, 6.45) is 76.4. The molecule has 0 spiro atoms. The van der Waals surface area contributed by atoms with Crippen molar-refractivity contribution in [1.29, 1.82) is 0 Å². The molecule has 410 valence electrons. The Morgan fingerprint density at radius 2 is 0.606 bits per heavy atom. The smallest absolute Gasteiger partial charge is 0.309 e. The molecule has 0 aromatic heterocycles. The van der Waals surface area contributed by atoms with E-state index < -0.39 is 12.1 Å². The number of carbonyl (C=O) groups excluding carboxylic acids is 3. The van der Waals surface area contributed by atoms with E-state index in [0.717, 1.165) is 70.6 Å². The minimum absolute atomic E-state index is 0.104. The highest BCUT2D eigenvalue weighted by Gasteiger charge is 2.19. The predicted molar refractivity (Wildman–Crippen MR) is 307 cm³/mol. The van der Waals surface area contributed by atoms with E-state index in [1.165, 1.54) is 193 Å². The Morgan fingerprint density at radius 1 is 0.310 bits per heavy atom. The van der Waals surface area contributed by atoms with E-state index >= 15 is 0 Å². The third kappa shape index (κ3) is 57.6. The van der Waals surface area contributed by atoms with Gasteiger partial charge in [0.25, 0.3) is 0 Å². The van der Waals surface area contributed by atoms with Crippen molar-refractivity contribution in [2.24, 2.45) is 0 Å². The molecule has 0 aliphatic rings. The lowest BCUT2D eigenvalue weighted by Crippen LogP contribution is -2.30. The molecule has 0 bridgehead atoms. The first-order chi connectivity index (χ1) is 35.0. The molecule has 71 heavy (non-hydrogen) atoms. The van der Waals surface area contributed by atoms with Gasteiger partial charge in [-0.2, -0.15) is 0 Å². The summed E-state index contributed by atoms with van der Waals surface area (Å²) in [4.78, 5) is 38.2. The minimum Gasteiger partial charge on any atom is -0.462 e. The molecule has 0 radical (unpaired) electrons. The van der Waals surface area contributed by atoms with Gasteiger partial charge in [0.2, 0.25) is 0 Å². The molecule has 0 fully saturated rings. The zero-order chi connectivity index (χ0) is 51.4. The molecular formula is C65H114O6. The number of allylic oxidation sites excluding steroid dienone is 11. The Labute approximate surface area is 440 Å². The molecule has 0 saturated carbocycles. The van der Waals surface area contributed by atoms with Gasteiger partial charge in [-0.15, -0.1) is 0 Å². The van der Waals surface area contributed by atoms with Crippen LogP contribution in [-0.2, 0) is 28.6 Å². The first kappa shape index (κ1) is 67.8. The summed E-state index contributed by atoms with van der Waals surface area (Å²) in [7, 11) is 0. The van der Waals surface area contributed by atoms with Gasteiger partial charge in [-0.05, 0) is 70.6 Å². The molecule has 1 atom stereocenters. The fourth-order valence-electron chi connectivity index (χ4n) is 8.69. The van der Waals surface area contributed by atoms with Gasteiger partial charge in [-0.25, -0.2) is 0 Å². The van der Waals surface area contributed by atoms with Crippen molar-refractivity contribution in [3.8, 4) is 0 Å². The summed E-state index contributed by atoms with van der Waals surface area (Å²) < 4.78 is 16.8. The monoisotopic (exact) mass is 991 g/mol. The Morgan fingerprint density at radius 3 is 0.972 bits per heavy atom. The van der Waals surface area contributed by atoms with E-state index in [1.807, 2.05) is 6.08 Å². The third-order valence-corrected chi connectivity index (χ3v) is 13.2. The highest BCUT2D eigenvalue weighted by atomic mass is 16.6. The molecule has 0 aliphatic heterocycles. The lowest BCUT2D eigenvalue weighted by atomic mass is 10.0. The van der Waals surface area contributed by atoms with Gasteiger partial charge in [0.1, 0.15) is 13.2 Å². The molecular weight excluding hydrogens is 877 g/mol. The maximum Gasteiger partial charge on any atom is 0.309 e. The van der Waals surface area contributed by atoms with Crippen LogP contribution in [0.2, 0.25) is 0 Å². The summed E-state index contributed by atoms with van der Waals surface area (Å²) in [5, 5.41) is 0. The van der Waals surface area contributed by atoms with Gasteiger partial charge < -0.3 is 14.2 Å². The highest BCUT2D eigenvalue weighted by molar-refractivity contribution is 5.72. The first-order valence-electron chi connectivity index (χ1n) is 30.4. The van der Waals surface area contributed by atoms with Crippen LogP contribution in [0, 0.1) is 0 Å². The summed E-state index contributed by atoms with van der Waals surface area (Å²) in [5.41, 5.74) is 0. The van der Waals surface area contributed by atoms with Gasteiger partial charge in [-0.1, -0.05) is 286 Å². The van der Waals surface area contributed by atoms with Crippen molar-refractivity contribution < 1.29 is 28.6 Å². The zero-order valence-corrected chi connectivity index (χ0v) is 47.0. The number of unbranched alkanes of at least 4 members (excludes halogenated alkanes) is 33. The van der Waals surface area contributed by atoms with E-state index in [2.05, 4.69) is 81.5 Å². The van der Waals surface area contributed by atoms with Gasteiger partial charge >= 0.3 is 17.9 Å². The van der Waals surface area contributed by atoms with Crippen LogP contribution < -0.4 is 0 Å². The quantitative estimate of drug-likeness (QED) is 0.0261. The largest absolute Gasteiger partial charge is 0.462 e. The van der Waals surface area contributed by atoms with Crippen LogP contribution in [0.1, 0.15) is 303 Å². The topological polar surface area (TPSA) is 78.9 Å². The summed E-state index contributed by atoms with van der Waals surface area (Å²) in [5.74, 6) is -1.03. The van der Waals surface area contributed by atoms with E-state index in [4.69, 9.17) is 14.2 Å². The number of ether oxygens (including phenoxy) is 3. The Kier molecular flexibility index (Phi) is 56.8. The van der Waals surface area contributed by atoms with Gasteiger partial charge in [-0.3, -0.25) is 14.4 Å². The van der Waals surface area contributed by atoms with Crippen LogP contribution in [0.4, 0.5) is 0 Å². The zero-order valence-electron chi connectivity index (χ0n) is 47.0. The molecule has 0 amide bonds. The lowest BCUT2D eigenvalue weighted by Gasteiger charge is -2.18. The normalized spacial score (nSPS) is 12.5. The molecule has 0 saturated heterocycles. The fourth-order valence-corrected chi connectivity index (χ4v) is 8.69. The second kappa shape index (κ2) is 59.4. The number of rotatable bonds is 55. The highest BCUT2D eigenvalue weighted by Crippen LogP contribution is 2.17. The number of hydrogen-bond acceptors (Lipinski definition) is 6. The maximum absolute atomic E-state index is 12.9. The van der Waals surface area contributed by atoms with Crippen molar-refractivity contribution in [2.75, 3.05) is 13.2 Å². The summed E-state index contributed by atoms with van der Waals surface area (Å²) in [6.45, 7) is 6.47. The van der Waals surface area contributed by atoms with Crippen LogP contribution in [0.3, 0.4) is 0 Å². The number of hydrogen-bond donors (Lipinski definition) is 0. The molecule has 6 nitrogen and oxygen atoms in total. The molecule has 0 heterocycles. The van der Waals surface area contributed by atoms with Crippen molar-refractivity contribution in [1.82, 2.24) is 0 Å². The van der Waals surface area contributed by atoms with E-state index in [-0.39, 0.29) is 31.6 Å². The number of esters is 3. The van der Waals surface area contributed by atoms with Crippen LogP contribution >= 0.6 is 0 Å². The third-order valence-electron chi connectivity index (χ3n) is 13.2. The molecule has 0 rings (SSSR count). The predicted octanol–water partition coefficient (Wildman–Crippen LogP) is 20.5. The fraction of sp³-hybridized carbons (Fsp3) is 0.769. The van der Waals surface area contributed by atoms with Crippen LogP contribution in [0.25, 0.3) is 0 Å². The van der Waals surface area contributed by atoms with Crippen molar-refractivity contribution in [2.45, 2.75) is 309 Å². The second-order valence-electron chi connectivity index (χ2n) is 20.3. The van der Waals surface area contributed by atoms with Crippen LogP contribution in [0.15, 0.2) is 72.9 Å². The molecule has 0 aromatic rings. The Bertz CT molecular complexity index is 1320. The molecule has 6 heteroatoms. The van der Waals surface area contributed by atoms with Gasteiger partial charge in [0.15, 0.2) is 6.10 Å². The van der Waals surface area contributed by atoms with Crippen LogP contribution in [0.5, 0.6) is 0 Å². The Hall–Kier alpha value is -3.15. The van der Waals surface area contributed by atoms with Crippen molar-refractivity contribution in [3.05, 3.63) is 72.9 Å². The van der Waals surface area contributed by atoms with E-state index in [9.17, 15) is 14.4 Å². The first-order valence-corrected chi connectivity index (χ1v) is 30.4. The molecule has 0 aromatic carbocycles. The lowest BCUT2D eigenvalue weighted by molar-refractivity contribution is -0.166. The second-order valence-corrected chi connectivity index (χ2v) is 20.3. The van der Waals surface area contributed by atoms with Gasteiger partial charge in [0.05, 0.1) is 6.42 Å².